The van der Waals surface area contributed by atoms with Crippen molar-refractivity contribution in [3.05, 3.63) is 71.8 Å². The van der Waals surface area contributed by atoms with Crippen molar-refractivity contribution in [1.82, 2.24) is 4.90 Å². The maximum Gasteiger partial charge on any atom is 0.147 e. The van der Waals surface area contributed by atoms with Gasteiger partial charge in [0.15, 0.2) is 0 Å². The second kappa shape index (κ2) is 8.08. The highest BCUT2D eigenvalue weighted by Crippen LogP contribution is 2.16. The molecule has 0 bridgehead atoms. The van der Waals surface area contributed by atoms with Gasteiger partial charge in [0.1, 0.15) is 6.79 Å². The lowest BCUT2D eigenvalue weighted by atomic mass is 10.2. The fourth-order valence-electron chi connectivity index (χ4n) is 2.80. The molecule has 2 aromatic carbocycles. The number of rotatable bonds is 7. The molecule has 0 amide bonds. The van der Waals surface area contributed by atoms with E-state index in [9.17, 15) is 0 Å². The predicted octanol–water partition coefficient (Wildman–Crippen LogP) is 3.45. The van der Waals surface area contributed by atoms with Crippen LogP contribution in [-0.4, -0.2) is 30.9 Å². The Morgan fingerprint density at radius 2 is 1.59 bits per heavy atom. The zero-order valence-electron chi connectivity index (χ0n) is 12.9. The molecule has 2 aromatic rings. The van der Waals surface area contributed by atoms with Crippen LogP contribution in [0, 0.1) is 0 Å². The van der Waals surface area contributed by atoms with Gasteiger partial charge >= 0.3 is 0 Å². The maximum absolute atomic E-state index is 5.83. The van der Waals surface area contributed by atoms with E-state index in [0.717, 1.165) is 26.1 Å². The van der Waals surface area contributed by atoms with Gasteiger partial charge in [0.25, 0.3) is 0 Å². The van der Waals surface area contributed by atoms with Crippen LogP contribution in [0.3, 0.4) is 0 Å². The lowest BCUT2D eigenvalue weighted by Gasteiger charge is -2.16. The summed E-state index contributed by atoms with van der Waals surface area (Å²) >= 11 is 0. The van der Waals surface area contributed by atoms with Crippen LogP contribution in [0.25, 0.3) is 0 Å². The van der Waals surface area contributed by atoms with E-state index in [-0.39, 0.29) is 0 Å². The van der Waals surface area contributed by atoms with Crippen LogP contribution in [0.2, 0.25) is 0 Å². The molecule has 0 N–H and O–H groups in total. The van der Waals surface area contributed by atoms with Crippen LogP contribution < -0.4 is 0 Å². The first kappa shape index (κ1) is 15.2. The van der Waals surface area contributed by atoms with Gasteiger partial charge in [0.2, 0.25) is 0 Å². The van der Waals surface area contributed by atoms with Crippen molar-refractivity contribution in [3.8, 4) is 0 Å². The third-order valence-electron chi connectivity index (χ3n) is 3.98. The summed E-state index contributed by atoms with van der Waals surface area (Å²) in [6.45, 7) is 4.08. The van der Waals surface area contributed by atoms with E-state index >= 15 is 0 Å². The average Bonchev–Trinajstić information content (AvgIpc) is 3.01. The van der Waals surface area contributed by atoms with Crippen molar-refractivity contribution in [2.45, 2.75) is 25.7 Å². The Bertz CT molecular complexity index is 544. The molecular weight excluding hydrogens is 274 g/mol. The number of hydrogen-bond acceptors (Lipinski definition) is 3. The Morgan fingerprint density at radius 1 is 0.909 bits per heavy atom. The second-order valence-corrected chi connectivity index (χ2v) is 5.75. The lowest BCUT2D eigenvalue weighted by Crippen LogP contribution is -2.23. The largest absolute Gasteiger partial charge is 0.351 e. The molecule has 1 atom stereocenters. The monoisotopic (exact) mass is 297 g/mol. The maximum atomic E-state index is 5.83. The van der Waals surface area contributed by atoms with Gasteiger partial charge in [0, 0.05) is 19.6 Å². The first-order valence-corrected chi connectivity index (χ1v) is 7.90. The first-order chi connectivity index (χ1) is 10.9. The van der Waals surface area contributed by atoms with Crippen LogP contribution in [0.1, 0.15) is 17.5 Å². The van der Waals surface area contributed by atoms with Gasteiger partial charge in [-0.15, -0.1) is 0 Å². The molecule has 0 spiro atoms. The minimum absolute atomic E-state index is 0.291. The molecule has 0 saturated carbocycles. The van der Waals surface area contributed by atoms with Crippen LogP contribution in [-0.2, 0) is 22.6 Å². The molecule has 3 heteroatoms. The Balaban J connectivity index is 1.33. The zero-order valence-corrected chi connectivity index (χ0v) is 12.9. The minimum Gasteiger partial charge on any atom is -0.351 e. The highest BCUT2D eigenvalue weighted by molar-refractivity contribution is 5.15. The number of benzene rings is 2. The van der Waals surface area contributed by atoms with E-state index in [0.29, 0.717) is 19.5 Å². The Hall–Kier alpha value is -1.68. The summed E-state index contributed by atoms with van der Waals surface area (Å²) < 4.78 is 11.4. The van der Waals surface area contributed by atoms with Gasteiger partial charge in [-0.3, -0.25) is 4.90 Å². The van der Waals surface area contributed by atoms with Gasteiger partial charge in [-0.2, -0.15) is 0 Å². The molecule has 0 radical (unpaired) electrons. The Kier molecular flexibility index (Phi) is 5.59. The fraction of sp³-hybridized carbons (Fsp3) is 0.368. The second-order valence-electron chi connectivity index (χ2n) is 5.75. The molecule has 1 unspecified atom stereocenters. The summed E-state index contributed by atoms with van der Waals surface area (Å²) in [6.07, 6.45) is 1.38. The molecule has 1 aliphatic rings. The summed E-state index contributed by atoms with van der Waals surface area (Å²) in [4.78, 5) is 2.44. The highest BCUT2D eigenvalue weighted by Gasteiger charge is 2.22. The molecule has 22 heavy (non-hydrogen) atoms. The van der Waals surface area contributed by atoms with Crippen LogP contribution >= 0.6 is 0 Å². The molecule has 3 rings (SSSR count). The molecule has 116 valence electrons. The van der Waals surface area contributed by atoms with Crippen molar-refractivity contribution in [2.24, 2.45) is 0 Å². The summed E-state index contributed by atoms with van der Waals surface area (Å²) in [5, 5.41) is 0. The van der Waals surface area contributed by atoms with Crippen molar-refractivity contribution < 1.29 is 9.47 Å². The normalized spacial score (nSPS) is 18.6. The van der Waals surface area contributed by atoms with Gasteiger partial charge < -0.3 is 9.47 Å². The standard InChI is InChI=1S/C19H23NO2/c1-3-7-17(8-4-1)13-20-12-11-19(14-20)22-16-21-15-18-9-5-2-6-10-18/h1-10,19H,11-16H2. The van der Waals surface area contributed by atoms with E-state index in [1.54, 1.807) is 0 Å². The van der Waals surface area contributed by atoms with Gasteiger partial charge in [0.05, 0.1) is 12.7 Å². The van der Waals surface area contributed by atoms with Gasteiger partial charge in [-0.25, -0.2) is 0 Å². The van der Waals surface area contributed by atoms with Crippen LogP contribution in [0.15, 0.2) is 60.7 Å². The number of hydrogen-bond donors (Lipinski definition) is 0. The van der Waals surface area contributed by atoms with Crippen molar-refractivity contribution in [1.29, 1.82) is 0 Å². The molecule has 1 heterocycles. The quantitative estimate of drug-likeness (QED) is 0.577. The van der Waals surface area contributed by atoms with E-state index in [4.69, 9.17) is 9.47 Å². The third kappa shape index (κ3) is 4.67. The van der Waals surface area contributed by atoms with Crippen molar-refractivity contribution in [2.75, 3.05) is 19.9 Å². The molecule has 0 aromatic heterocycles. The topological polar surface area (TPSA) is 21.7 Å². The lowest BCUT2D eigenvalue weighted by molar-refractivity contribution is -0.0920. The molecule has 1 saturated heterocycles. The van der Waals surface area contributed by atoms with Gasteiger partial charge in [-0.1, -0.05) is 60.7 Å². The molecule has 1 fully saturated rings. The number of nitrogens with zero attached hydrogens (tertiary/aromatic N) is 1. The summed E-state index contributed by atoms with van der Waals surface area (Å²) in [5.41, 5.74) is 2.55. The molecule has 1 aliphatic heterocycles. The SMILES string of the molecule is c1ccc(COCOC2CCN(Cc3ccccc3)C2)cc1. The first-order valence-electron chi connectivity index (χ1n) is 7.90. The fourth-order valence-corrected chi connectivity index (χ4v) is 2.80. The van der Waals surface area contributed by atoms with Crippen LogP contribution in [0.5, 0.6) is 0 Å². The van der Waals surface area contributed by atoms with E-state index in [2.05, 4.69) is 47.4 Å². The smallest absolute Gasteiger partial charge is 0.147 e. The summed E-state index contributed by atoms with van der Waals surface area (Å²) in [7, 11) is 0. The van der Waals surface area contributed by atoms with E-state index < -0.39 is 0 Å². The Labute approximate surface area is 132 Å². The minimum atomic E-state index is 0.291. The van der Waals surface area contributed by atoms with Gasteiger partial charge in [-0.05, 0) is 17.5 Å². The molecule has 3 nitrogen and oxygen atoms in total. The predicted molar refractivity (Wildman–Crippen MR) is 87.3 cm³/mol. The molecular formula is C19H23NO2. The van der Waals surface area contributed by atoms with Crippen molar-refractivity contribution in [3.63, 3.8) is 0 Å². The highest BCUT2D eigenvalue weighted by atomic mass is 16.7. The molecule has 0 aliphatic carbocycles. The van der Waals surface area contributed by atoms with E-state index in [1.807, 2.05) is 18.2 Å². The number of ether oxygens (including phenoxy) is 2. The third-order valence-corrected chi connectivity index (χ3v) is 3.98. The average molecular weight is 297 g/mol. The van der Waals surface area contributed by atoms with Crippen LogP contribution in [0.4, 0.5) is 0 Å². The van der Waals surface area contributed by atoms with E-state index in [1.165, 1.54) is 11.1 Å². The summed E-state index contributed by atoms with van der Waals surface area (Å²) in [6, 6.07) is 20.8. The summed E-state index contributed by atoms with van der Waals surface area (Å²) in [5.74, 6) is 0. The number of likely N-dealkylation sites (tertiary alicyclic amines) is 1. The Morgan fingerprint density at radius 3 is 2.32 bits per heavy atom. The zero-order chi connectivity index (χ0) is 15.0. The van der Waals surface area contributed by atoms with Crippen molar-refractivity contribution >= 4 is 0 Å².